The first-order valence-corrected chi connectivity index (χ1v) is 6.71. The van der Waals surface area contributed by atoms with Gasteiger partial charge in [0, 0.05) is 11.1 Å². The van der Waals surface area contributed by atoms with Gasteiger partial charge >= 0.3 is 6.61 Å². The van der Waals surface area contributed by atoms with Crippen molar-refractivity contribution in [3.8, 4) is 5.75 Å². The molecule has 0 aliphatic heterocycles. The van der Waals surface area contributed by atoms with Crippen molar-refractivity contribution in [2.24, 2.45) is 0 Å². The number of hydrogen-bond acceptors (Lipinski definition) is 4. The van der Waals surface area contributed by atoms with Crippen molar-refractivity contribution >= 4 is 40.2 Å². The number of rotatable bonds is 5. The van der Waals surface area contributed by atoms with Gasteiger partial charge in [0.25, 0.3) is 0 Å². The molecule has 0 saturated heterocycles. The number of nitrogens with zero attached hydrogens (tertiary/aromatic N) is 1. The van der Waals surface area contributed by atoms with Crippen LogP contribution in [0.3, 0.4) is 0 Å². The number of para-hydroxylation sites is 1. The zero-order valence-electron chi connectivity index (χ0n) is 9.37. The Kier molecular flexibility index (Phi) is 4.79. The van der Waals surface area contributed by atoms with Crippen LogP contribution in [0.4, 0.5) is 14.5 Å². The monoisotopic (exact) mass is 324 g/mol. The molecule has 0 aliphatic rings. The van der Waals surface area contributed by atoms with E-state index in [2.05, 4.69) is 15.0 Å². The van der Waals surface area contributed by atoms with Crippen molar-refractivity contribution in [3.05, 3.63) is 38.8 Å². The van der Waals surface area contributed by atoms with Crippen molar-refractivity contribution in [1.82, 2.24) is 4.98 Å². The lowest BCUT2D eigenvalue weighted by atomic mass is 10.3. The molecule has 0 unspecified atom stereocenters. The Hall–Kier alpha value is -1.11. The fourth-order valence-corrected chi connectivity index (χ4v) is 2.54. The van der Waals surface area contributed by atoms with Gasteiger partial charge in [-0.1, -0.05) is 29.3 Å². The minimum absolute atomic E-state index is 0.0743. The Morgan fingerprint density at radius 1 is 1.37 bits per heavy atom. The Labute approximate surface area is 122 Å². The van der Waals surface area contributed by atoms with E-state index < -0.39 is 6.61 Å². The fourth-order valence-electron chi connectivity index (χ4n) is 1.40. The third-order valence-corrected chi connectivity index (χ3v) is 3.56. The van der Waals surface area contributed by atoms with Gasteiger partial charge in [-0.05, 0) is 12.1 Å². The van der Waals surface area contributed by atoms with E-state index in [1.807, 2.05) is 0 Å². The van der Waals surface area contributed by atoms with Gasteiger partial charge in [0.1, 0.15) is 0 Å². The van der Waals surface area contributed by atoms with Crippen LogP contribution in [0.2, 0.25) is 9.49 Å². The minimum atomic E-state index is -2.93. The summed E-state index contributed by atoms with van der Waals surface area (Å²) in [6, 6.07) is 4.73. The molecule has 2 rings (SSSR count). The summed E-state index contributed by atoms with van der Waals surface area (Å²) in [4.78, 5) is 4.75. The van der Waals surface area contributed by atoms with Crippen molar-refractivity contribution in [2.75, 3.05) is 5.32 Å². The second-order valence-corrected chi connectivity index (χ2v) is 5.53. The second kappa shape index (κ2) is 6.36. The average molecular weight is 325 g/mol. The van der Waals surface area contributed by atoms with E-state index in [9.17, 15) is 8.78 Å². The molecule has 0 bridgehead atoms. The number of aromatic nitrogens is 1. The first-order chi connectivity index (χ1) is 9.06. The molecule has 0 atom stereocenters. The zero-order valence-corrected chi connectivity index (χ0v) is 11.7. The van der Waals surface area contributed by atoms with Crippen molar-refractivity contribution < 1.29 is 13.5 Å². The lowest BCUT2D eigenvalue weighted by Gasteiger charge is -2.13. The molecule has 2 aromatic rings. The maximum atomic E-state index is 12.3. The molecule has 1 heterocycles. The van der Waals surface area contributed by atoms with E-state index in [1.54, 1.807) is 18.3 Å². The van der Waals surface area contributed by atoms with E-state index in [0.717, 1.165) is 4.88 Å². The summed E-state index contributed by atoms with van der Waals surface area (Å²) in [5.74, 6) is -0.0743. The van der Waals surface area contributed by atoms with Crippen LogP contribution in [0.5, 0.6) is 5.75 Å². The van der Waals surface area contributed by atoms with Gasteiger partial charge < -0.3 is 10.1 Å². The van der Waals surface area contributed by atoms with Crippen LogP contribution in [0.25, 0.3) is 0 Å². The fraction of sp³-hybridized carbons (Fsp3) is 0.182. The van der Waals surface area contributed by atoms with Gasteiger partial charge in [-0.25, -0.2) is 4.98 Å². The maximum Gasteiger partial charge on any atom is 0.387 e. The van der Waals surface area contributed by atoms with Gasteiger partial charge in [0.05, 0.1) is 17.3 Å². The molecule has 0 spiro atoms. The Bertz CT molecular complexity index is 565. The normalized spacial score (nSPS) is 10.8. The van der Waals surface area contributed by atoms with Gasteiger partial charge in [-0.2, -0.15) is 8.78 Å². The SMILES string of the molecule is FC(F)Oc1c(Cl)cccc1NCc1cnc(Cl)s1. The number of ether oxygens (including phenoxy) is 1. The molecule has 0 saturated carbocycles. The summed E-state index contributed by atoms with van der Waals surface area (Å²) < 4.78 is 29.5. The molecule has 1 aromatic carbocycles. The number of halogens is 4. The highest BCUT2D eigenvalue weighted by Gasteiger charge is 2.13. The molecule has 3 nitrogen and oxygen atoms in total. The predicted octanol–water partition coefficient (Wildman–Crippen LogP) is 4.66. The highest BCUT2D eigenvalue weighted by atomic mass is 35.5. The molecular weight excluding hydrogens is 317 g/mol. The summed E-state index contributed by atoms with van der Waals surface area (Å²) in [6.45, 7) is -2.54. The molecule has 1 N–H and O–H groups in total. The van der Waals surface area contributed by atoms with Crippen LogP contribution >= 0.6 is 34.5 Å². The standard InChI is InChI=1S/C11H8Cl2F2N2OS/c12-7-2-1-3-8(9(7)18-11(14)15)16-4-6-5-17-10(13)19-6/h1-3,5,11,16H,4H2. The summed E-state index contributed by atoms with van der Waals surface area (Å²) in [7, 11) is 0. The quantitative estimate of drug-likeness (QED) is 0.868. The van der Waals surface area contributed by atoms with Gasteiger partial charge in [0.15, 0.2) is 10.2 Å². The smallest absolute Gasteiger partial charge is 0.387 e. The minimum Gasteiger partial charge on any atom is -0.431 e. The largest absolute Gasteiger partial charge is 0.431 e. The van der Waals surface area contributed by atoms with E-state index in [-0.39, 0.29) is 10.8 Å². The van der Waals surface area contributed by atoms with Crippen LogP contribution in [0.15, 0.2) is 24.4 Å². The first-order valence-electron chi connectivity index (χ1n) is 5.13. The molecule has 1 aromatic heterocycles. The van der Waals surface area contributed by atoms with E-state index >= 15 is 0 Å². The molecule has 102 valence electrons. The van der Waals surface area contributed by atoms with Gasteiger partial charge in [0.2, 0.25) is 0 Å². The molecule has 0 amide bonds. The number of nitrogens with one attached hydrogen (secondary N) is 1. The predicted molar refractivity (Wildman–Crippen MR) is 72.5 cm³/mol. The van der Waals surface area contributed by atoms with Crippen LogP contribution in [0, 0.1) is 0 Å². The number of benzene rings is 1. The Balaban J connectivity index is 2.13. The highest BCUT2D eigenvalue weighted by molar-refractivity contribution is 7.15. The molecular formula is C11H8Cl2F2N2OS. The lowest BCUT2D eigenvalue weighted by molar-refractivity contribution is -0.0493. The number of hydrogen-bond donors (Lipinski definition) is 1. The Morgan fingerprint density at radius 3 is 2.79 bits per heavy atom. The van der Waals surface area contributed by atoms with Gasteiger partial charge in [-0.15, -0.1) is 11.3 Å². The lowest BCUT2D eigenvalue weighted by Crippen LogP contribution is -2.06. The molecule has 0 fully saturated rings. The number of alkyl halides is 2. The average Bonchev–Trinajstić information content (AvgIpc) is 2.75. The third-order valence-electron chi connectivity index (χ3n) is 2.15. The molecule has 8 heteroatoms. The van der Waals surface area contributed by atoms with E-state index in [1.165, 1.54) is 17.4 Å². The molecule has 0 radical (unpaired) electrons. The summed E-state index contributed by atoms with van der Waals surface area (Å²) in [6.07, 6.45) is 1.61. The first kappa shape index (κ1) is 14.3. The topological polar surface area (TPSA) is 34.1 Å². The van der Waals surface area contributed by atoms with Crippen molar-refractivity contribution in [1.29, 1.82) is 0 Å². The summed E-state index contributed by atoms with van der Waals surface area (Å²) in [5, 5.41) is 3.08. The second-order valence-electron chi connectivity index (χ2n) is 3.43. The van der Waals surface area contributed by atoms with Crippen LogP contribution in [0.1, 0.15) is 4.88 Å². The molecule has 0 aliphatic carbocycles. The van der Waals surface area contributed by atoms with Gasteiger partial charge in [-0.3, -0.25) is 0 Å². The van der Waals surface area contributed by atoms with Crippen molar-refractivity contribution in [2.45, 2.75) is 13.2 Å². The number of thiazole rings is 1. The summed E-state index contributed by atoms with van der Waals surface area (Å²) in [5.41, 5.74) is 0.386. The van der Waals surface area contributed by atoms with E-state index in [4.69, 9.17) is 23.2 Å². The Morgan fingerprint density at radius 2 is 2.16 bits per heavy atom. The highest BCUT2D eigenvalue weighted by Crippen LogP contribution is 2.34. The molecule has 19 heavy (non-hydrogen) atoms. The van der Waals surface area contributed by atoms with E-state index in [0.29, 0.717) is 16.7 Å². The summed E-state index contributed by atoms with van der Waals surface area (Å²) >= 11 is 12.8. The third kappa shape index (κ3) is 3.92. The van der Waals surface area contributed by atoms with Crippen LogP contribution < -0.4 is 10.1 Å². The maximum absolute atomic E-state index is 12.3. The van der Waals surface area contributed by atoms with Crippen LogP contribution in [-0.4, -0.2) is 11.6 Å². The van der Waals surface area contributed by atoms with Crippen LogP contribution in [-0.2, 0) is 6.54 Å². The van der Waals surface area contributed by atoms with Crippen molar-refractivity contribution in [3.63, 3.8) is 0 Å². The zero-order chi connectivity index (χ0) is 13.8. The number of anilines is 1.